The molecule has 6 heteroatoms. The molecule has 0 radical (unpaired) electrons. The van der Waals surface area contributed by atoms with Crippen LogP contribution in [0.3, 0.4) is 0 Å². The fraction of sp³-hybridized carbons (Fsp3) is 0.261. The van der Waals surface area contributed by atoms with Gasteiger partial charge in [-0.15, -0.1) is 0 Å². The summed E-state index contributed by atoms with van der Waals surface area (Å²) in [7, 11) is 0. The Balaban J connectivity index is 1.47. The Hall–Kier alpha value is -3.41. The molecule has 1 fully saturated rings. The minimum Gasteiger partial charge on any atom is -0.452 e. The van der Waals surface area contributed by atoms with Gasteiger partial charge in [-0.05, 0) is 40.5 Å². The lowest BCUT2D eigenvalue weighted by Crippen LogP contribution is -2.45. The number of urea groups is 1. The highest BCUT2D eigenvalue weighted by atomic mass is 16.5. The Morgan fingerprint density at radius 1 is 0.897 bits per heavy atom. The third-order valence-corrected chi connectivity index (χ3v) is 5.25. The molecule has 0 spiro atoms. The van der Waals surface area contributed by atoms with Gasteiger partial charge in [-0.25, -0.2) is 9.59 Å². The molecule has 0 aliphatic heterocycles. The predicted molar refractivity (Wildman–Crippen MR) is 111 cm³/mol. The molecule has 4 rings (SSSR count). The second kappa shape index (κ2) is 8.31. The van der Waals surface area contributed by atoms with Gasteiger partial charge >= 0.3 is 12.0 Å². The van der Waals surface area contributed by atoms with E-state index in [-0.39, 0.29) is 6.04 Å². The van der Waals surface area contributed by atoms with Gasteiger partial charge in [-0.2, -0.15) is 0 Å². The third kappa shape index (κ3) is 4.21. The lowest BCUT2D eigenvalue weighted by atomic mass is 9.97. The highest BCUT2D eigenvalue weighted by Crippen LogP contribution is 2.29. The zero-order valence-corrected chi connectivity index (χ0v) is 15.9. The first-order valence-electron chi connectivity index (χ1n) is 9.80. The van der Waals surface area contributed by atoms with Crippen LogP contribution in [-0.2, 0) is 9.53 Å². The van der Waals surface area contributed by atoms with E-state index in [0.717, 1.165) is 47.2 Å². The lowest BCUT2D eigenvalue weighted by Gasteiger charge is -2.13. The third-order valence-electron chi connectivity index (χ3n) is 5.25. The minimum absolute atomic E-state index is 0.104. The number of nitrogens with one attached hydrogen (secondary N) is 2. The second-order valence-electron chi connectivity index (χ2n) is 7.27. The van der Waals surface area contributed by atoms with E-state index in [4.69, 9.17) is 4.74 Å². The number of rotatable bonds is 4. The number of carbonyl (C=O) groups excluding carboxylic acids is 3. The molecule has 0 heterocycles. The van der Waals surface area contributed by atoms with Crippen molar-refractivity contribution in [1.29, 1.82) is 0 Å². The van der Waals surface area contributed by atoms with Crippen LogP contribution in [0.15, 0.2) is 54.6 Å². The number of fused-ring (bicyclic) bond motifs is 2. The summed E-state index contributed by atoms with van der Waals surface area (Å²) < 4.78 is 5.25. The highest BCUT2D eigenvalue weighted by Gasteiger charge is 2.20. The van der Waals surface area contributed by atoms with Crippen LogP contribution in [0.25, 0.3) is 21.5 Å². The van der Waals surface area contributed by atoms with Crippen molar-refractivity contribution >= 4 is 39.5 Å². The van der Waals surface area contributed by atoms with Gasteiger partial charge in [0.2, 0.25) is 0 Å². The zero-order chi connectivity index (χ0) is 20.2. The molecule has 3 aromatic rings. The van der Waals surface area contributed by atoms with E-state index >= 15 is 0 Å². The SMILES string of the molecule is O=C(COC(=O)c1c2ccccc2cc2ccccc12)NC(=O)NC1CCCC1. The van der Waals surface area contributed by atoms with Crippen LogP contribution in [0, 0.1) is 0 Å². The Morgan fingerprint density at radius 2 is 1.48 bits per heavy atom. The van der Waals surface area contributed by atoms with Gasteiger partial charge in [0.15, 0.2) is 6.61 Å². The Kier molecular flexibility index (Phi) is 5.42. The first-order valence-corrected chi connectivity index (χ1v) is 9.80. The van der Waals surface area contributed by atoms with Crippen molar-refractivity contribution in [1.82, 2.24) is 10.6 Å². The summed E-state index contributed by atoms with van der Waals surface area (Å²) in [5, 5.41) is 8.34. The van der Waals surface area contributed by atoms with E-state index in [2.05, 4.69) is 10.6 Å². The van der Waals surface area contributed by atoms with E-state index < -0.39 is 24.5 Å². The van der Waals surface area contributed by atoms with Gasteiger partial charge < -0.3 is 10.1 Å². The highest BCUT2D eigenvalue weighted by molar-refractivity contribution is 6.16. The number of benzene rings is 3. The molecule has 0 bridgehead atoms. The first-order chi connectivity index (χ1) is 14.1. The standard InChI is InChI=1S/C23H22N2O4/c26-20(25-23(28)24-17-9-3-4-10-17)14-29-22(27)21-18-11-5-1-7-15(18)13-16-8-2-6-12-19(16)21/h1-2,5-8,11-13,17H,3-4,9-10,14H2,(H2,24,25,26,28). The summed E-state index contributed by atoms with van der Waals surface area (Å²) >= 11 is 0. The molecule has 1 saturated carbocycles. The number of imide groups is 1. The van der Waals surface area contributed by atoms with Crippen molar-refractivity contribution in [2.24, 2.45) is 0 Å². The maximum Gasteiger partial charge on any atom is 0.339 e. The van der Waals surface area contributed by atoms with Crippen LogP contribution in [0.5, 0.6) is 0 Å². The quantitative estimate of drug-likeness (QED) is 0.522. The molecule has 3 aromatic carbocycles. The molecule has 3 amide bonds. The van der Waals surface area contributed by atoms with Gasteiger partial charge in [-0.1, -0.05) is 61.4 Å². The average Bonchev–Trinajstić information content (AvgIpc) is 3.23. The molecule has 148 valence electrons. The minimum atomic E-state index is -0.654. The van der Waals surface area contributed by atoms with E-state index in [0.29, 0.717) is 5.56 Å². The zero-order valence-electron chi connectivity index (χ0n) is 15.9. The van der Waals surface area contributed by atoms with Gasteiger partial charge in [0.1, 0.15) is 0 Å². The van der Waals surface area contributed by atoms with E-state index in [1.165, 1.54) is 0 Å². The van der Waals surface area contributed by atoms with Crippen LogP contribution in [0.2, 0.25) is 0 Å². The van der Waals surface area contributed by atoms with Gasteiger partial charge in [0.25, 0.3) is 5.91 Å². The molecular formula is C23H22N2O4. The van der Waals surface area contributed by atoms with Crippen molar-refractivity contribution in [3.05, 3.63) is 60.2 Å². The van der Waals surface area contributed by atoms with Crippen molar-refractivity contribution in [2.75, 3.05) is 6.61 Å². The molecular weight excluding hydrogens is 368 g/mol. The fourth-order valence-corrected chi connectivity index (χ4v) is 3.89. The predicted octanol–water partition coefficient (Wildman–Crippen LogP) is 3.92. The largest absolute Gasteiger partial charge is 0.452 e. The van der Waals surface area contributed by atoms with Crippen molar-refractivity contribution in [3.8, 4) is 0 Å². The maximum absolute atomic E-state index is 12.8. The molecule has 1 aliphatic rings. The summed E-state index contributed by atoms with van der Waals surface area (Å²) in [5.74, 6) is -1.25. The van der Waals surface area contributed by atoms with Gasteiger partial charge in [0.05, 0.1) is 5.56 Å². The number of ether oxygens (including phenoxy) is 1. The molecule has 1 aliphatic carbocycles. The summed E-state index contributed by atoms with van der Waals surface area (Å²) in [5.41, 5.74) is 0.418. The Labute approximate surface area is 168 Å². The van der Waals surface area contributed by atoms with Crippen LogP contribution < -0.4 is 10.6 Å². The van der Waals surface area contributed by atoms with E-state index in [1.807, 2.05) is 54.6 Å². The molecule has 29 heavy (non-hydrogen) atoms. The summed E-state index contributed by atoms with van der Waals surface area (Å²) in [6.45, 7) is -0.519. The monoisotopic (exact) mass is 390 g/mol. The number of amides is 3. The number of carbonyl (C=O) groups is 3. The summed E-state index contributed by atoms with van der Waals surface area (Å²) in [4.78, 5) is 36.8. The molecule has 2 N–H and O–H groups in total. The van der Waals surface area contributed by atoms with Crippen LogP contribution >= 0.6 is 0 Å². The van der Waals surface area contributed by atoms with E-state index in [1.54, 1.807) is 0 Å². The number of hydrogen-bond acceptors (Lipinski definition) is 4. The molecule has 0 aromatic heterocycles. The first kappa shape index (κ1) is 18.9. The fourth-order valence-electron chi connectivity index (χ4n) is 3.89. The molecule has 0 saturated heterocycles. The smallest absolute Gasteiger partial charge is 0.339 e. The van der Waals surface area contributed by atoms with E-state index in [9.17, 15) is 14.4 Å². The topological polar surface area (TPSA) is 84.5 Å². The van der Waals surface area contributed by atoms with Crippen molar-refractivity contribution in [2.45, 2.75) is 31.7 Å². The van der Waals surface area contributed by atoms with Crippen LogP contribution in [0.4, 0.5) is 4.79 Å². The number of hydrogen-bond donors (Lipinski definition) is 2. The summed E-state index contributed by atoms with van der Waals surface area (Å²) in [6, 6.07) is 16.7. The normalized spacial score (nSPS) is 14.1. The van der Waals surface area contributed by atoms with Crippen molar-refractivity contribution < 1.29 is 19.1 Å². The summed E-state index contributed by atoms with van der Waals surface area (Å²) in [6.07, 6.45) is 4.00. The molecule has 0 atom stereocenters. The van der Waals surface area contributed by atoms with Gasteiger partial charge in [-0.3, -0.25) is 10.1 Å². The van der Waals surface area contributed by atoms with Crippen LogP contribution in [0.1, 0.15) is 36.0 Å². The lowest BCUT2D eigenvalue weighted by molar-refractivity contribution is -0.123. The average molecular weight is 390 g/mol. The number of esters is 1. The van der Waals surface area contributed by atoms with Gasteiger partial charge in [0, 0.05) is 6.04 Å². The molecule has 6 nitrogen and oxygen atoms in total. The maximum atomic E-state index is 12.8. The molecule has 0 unspecified atom stereocenters. The Bertz CT molecular complexity index is 1030. The second-order valence-corrected chi connectivity index (χ2v) is 7.27. The van der Waals surface area contributed by atoms with Crippen LogP contribution in [-0.4, -0.2) is 30.6 Å². The Morgan fingerprint density at radius 3 is 2.10 bits per heavy atom. The van der Waals surface area contributed by atoms with Crippen molar-refractivity contribution in [3.63, 3.8) is 0 Å².